The number of hydrogen-bond donors (Lipinski definition) is 1. The molecule has 0 aliphatic carbocycles. The predicted molar refractivity (Wildman–Crippen MR) is 232 cm³/mol. The van der Waals surface area contributed by atoms with Crippen LogP contribution in [0.4, 0.5) is 0 Å². The number of unbranched alkanes of at least 4 members (excludes halogenated alkanes) is 1. The lowest BCUT2D eigenvalue weighted by atomic mass is 9.92. The van der Waals surface area contributed by atoms with Gasteiger partial charge in [-0.3, -0.25) is 0 Å². The van der Waals surface area contributed by atoms with Gasteiger partial charge in [0.05, 0.1) is 34.7 Å². The Morgan fingerprint density at radius 2 is 1.17 bits per heavy atom. The molecule has 314 valence electrons. The van der Waals surface area contributed by atoms with E-state index in [1.54, 1.807) is 18.5 Å². The largest absolute Gasteiger partial charge is 0.481 e. The Bertz CT molecular complexity index is 2150. The maximum atomic E-state index is 12.1. The highest BCUT2D eigenvalue weighted by molar-refractivity contribution is 9.10. The smallest absolute Gasteiger partial charge is 0.231 e. The summed E-state index contributed by atoms with van der Waals surface area (Å²) < 4.78 is 76.7. The number of pyridine rings is 2. The minimum absolute atomic E-state index is 0.220. The first-order chi connectivity index (χ1) is 27.8. The van der Waals surface area contributed by atoms with Gasteiger partial charge in [-0.15, -0.1) is 0 Å². The number of nitrogens with zero attached hydrogens (tertiary/aromatic N) is 4. The zero-order chi connectivity index (χ0) is 41.5. The Balaban J connectivity index is 1.07. The molecule has 6 rings (SSSR count). The number of nitrogens with one attached hydrogen (secondary N) is 1. The van der Waals surface area contributed by atoms with E-state index in [-0.39, 0.29) is 18.1 Å². The summed E-state index contributed by atoms with van der Waals surface area (Å²) in [6.07, 6.45) is 3.65. The fraction of sp³-hybridized carbons (Fsp3) is 0.463. The number of aryl methyl sites for hydroxylation is 1. The van der Waals surface area contributed by atoms with Gasteiger partial charge in [0.15, 0.2) is 0 Å². The molecule has 58 heavy (non-hydrogen) atoms. The summed E-state index contributed by atoms with van der Waals surface area (Å²) in [5.41, 5.74) is 8.12. The Morgan fingerprint density at radius 1 is 0.672 bits per heavy atom. The molecule has 2 saturated heterocycles. The minimum atomic E-state index is -3.13. The average Bonchev–Trinajstić information content (AvgIpc) is 3.72. The van der Waals surface area contributed by atoms with Crippen LogP contribution < -0.4 is 24.3 Å². The Labute approximate surface area is 359 Å². The van der Waals surface area contributed by atoms with Gasteiger partial charge < -0.3 is 24.3 Å². The molecule has 17 heteroatoms. The number of ether oxygens (including phenoxy) is 4. The molecule has 1 N–H and O–H groups in total. The molecule has 0 saturated carbocycles. The lowest BCUT2D eigenvalue weighted by Crippen LogP contribution is -2.33. The highest BCUT2D eigenvalue weighted by atomic mass is 79.9. The van der Waals surface area contributed by atoms with E-state index in [9.17, 15) is 16.8 Å². The van der Waals surface area contributed by atoms with Crippen molar-refractivity contribution in [2.24, 2.45) is 0 Å². The number of benzene rings is 2. The van der Waals surface area contributed by atoms with Gasteiger partial charge in [-0.1, -0.05) is 36.4 Å². The molecule has 0 bridgehead atoms. The van der Waals surface area contributed by atoms with E-state index in [0.717, 1.165) is 61.8 Å². The second-order valence-corrected chi connectivity index (χ2v) is 20.3. The number of sulfonamides is 2. The van der Waals surface area contributed by atoms with Crippen molar-refractivity contribution in [2.75, 3.05) is 58.4 Å². The van der Waals surface area contributed by atoms with E-state index >= 15 is 0 Å². The van der Waals surface area contributed by atoms with Crippen LogP contribution in [-0.4, -0.2) is 93.9 Å². The van der Waals surface area contributed by atoms with Crippen molar-refractivity contribution in [3.8, 4) is 34.6 Å². The molecule has 0 spiro atoms. The molecule has 2 aliphatic heterocycles. The zero-order valence-corrected chi connectivity index (χ0v) is 38.2. The number of halogens is 2. The Hall–Kier alpha value is -3.32. The Morgan fingerprint density at radius 3 is 1.67 bits per heavy atom. The van der Waals surface area contributed by atoms with Gasteiger partial charge in [-0.25, -0.2) is 25.4 Å². The highest BCUT2D eigenvalue weighted by Gasteiger charge is 2.28. The molecule has 2 fully saturated rings. The first kappa shape index (κ1) is 44.2. The van der Waals surface area contributed by atoms with E-state index in [2.05, 4.69) is 79.2 Å². The van der Waals surface area contributed by atoms with E-state index in [4.69, 9.17) is 18.9 Å². The van der Waals surface area contributed by atoms with Gasteiger partial charge in [-0.2, -0.15) is 9.97 Å². The SMILES string of the molecule is COc1nc(OCc2cccc(-c3cccc(COc4nc(OC)c(CNCCN5CCCS5(=O)=O)cc4Br)c3C)c2C)c(Br)cc1CCCCN1CCCS1(=O)=O. The molecule has 13 nitrogen and oxygen atoms in total. The minimum Gasteiger partial charge on any atom is -0.481 e. The van der Waals surface area contributed by atoms with Crippen molar-refractivity contribution in [2.45, 2.75) is 65.7 Å². The van der Waals surface area contributed by atoms with Crippen molar-refractivity contribution in [3.63, 3.8) is 0 Å². The molecule has 4 aromatic rings. The monoisotopic (exact) mass is 963 g/mol. The first-order valence-electron chi connectivity index (χ1n) is 19.4. The van der Waals surface area contributed by atoms with Gasteiger partial charge in [0, 0.05) is 50.4 Å². The summed E-state index contributed by atoms with van der Waals surface area (Å²) in [5, 5.41) is 3.30. The maximum absolute atomic E-state index is 12.1. The summed E-state index contributed by atoms with van der Waals surface area (Å²) >= 11 is 7.26. The first-order valence-corrected chi connectivity index (χ1v) is 24.2. The van der Waals surface area contributed by atoms with Gasteiger partial charge in [0.1, 0.15) is 13.2 Å². The number of rotatable bonds is 19. The lowest BCUT2D eigenvalue weighted by Gasteiger charge is -2.18. The van der Waals surface area contributed by atoms with E-state index in [0.29, 0.717) is 93.1 Å². The van der Waals surface area contributed by atoms with Crippen molar-refractivity contribution in [1.82, 2.24) is 23.9 Å². The summed E-state index contributed by atoms with van der Waals surface area (Å²) in [6, 6.07) is 16.2. The summed E-state index contributed by atoms with van der Waals surface area (Å²) in [7, 11) is -3.06. The molecular weight excluding hydrogens is 914 g/mol. The van der Waals surface area contributed by atoms with Crippen LogP contribution >= 0.6 is 31.9 Å². The molecule has 4 heterocycles. The van der Waals surface area contributed by atoms with Crippen LogP contribution in [0.3, 0.4) is 0 Å². The van der Waals surface area contributed by atoms with Crippen LogP contribution in [0, 0.1) is 13.8 Å². The van der Waals surface area contributed by atoms with Gasteiger partial charge in [-0.05, 0) is 123 Å². The second-order valence-electron chi connectivity index (χ2n) is 14.4. The normalized spacial score (nSPS) is 16.4. The second kappa shape index (κ2) is 19.8. The third-order valence-electron chi connectivity index (χ3n) is 10.6. The van der Waals surface area contributed by atoms with Crippen LogP contribution in [0.15, 0.2) is 57.5 Å². The molecular formula is C41H51Br2N5O8S2. The highest BCUT2D eigenvalue weighted by Crippen LogP contribution is 2.35. The third kappa shape index (κ3) is 10.7. The summed E-state index contributed by atoms with van der Waals surface area (Å²) in [5.74, 6) is 2.22. The Kier molecular flexibility index (Phi) is 15.1. The van der Waals surface area contributed by atoms with Gasteiger partial charge in [0.2, 0.25) is 43.6 Å². The number of aromatic nitrogens is 2. The van der Waals surface area contributed by atoms with Crippen molar-refractivity contribution < 1.29 is 35.8 Å². The summed E-state index contributed by atoms with van der Waals surface area (Å²) in [4.78, 5) is 9.31. The van der Waals surface area contributed by atoms with Crippen molar-refractivity contribution >= 4 is 51.9 Å². The molecule has 0 radical (unpaired) electrons. The molecule has 2 aromatic carbocycles. The van der Waals surface area contributed by atoms with Crippen molar-refractivity contribution in [1.29, 1.82) is 0 Å². The molecule has 0 unspecified atom stereocenters. The van der Waals surface area contributed by atoms with E-state index in [1.165, 1.54) is 4.31 Å². The van der Waals surface area contributed by atoms with Crippen molar-refractivity contribution in [3.05, 3.63) is 90.9 Å². The van der Waals surface area contributed by atoms with Gasteiger partial charge >= 0.3 is 0 Å². The predicted octanol–water partition coefficient (Wildman–Crippen LogP) is 6.94. The molecule has 2 aliphatic rings. The standard InChI is InChI=1S/C41H51Br2N5O8S2/c1-28-31(26-55-40-36(42)23-30(38(45-40)53-3)11-5-6-17-47-18-9-21-57(47,49)50)12-7-14-34(28)35-15-8-13-32(29(35)2)27-56-41-37(43)24-33(39(46-41)54-4)25-44-16-20-48-19-10-22-58(48,51)52/h7-8,12-15,23-24,44H,5-6,9-11,16-22,25-27H2,1-4H3. The number of hydrogen-bond acceptors (Lipinski definition) is 11. The van der Waals surface area contributed by atoms with Crippen LogP contribution in [-0.2, 0) is 46.2 Å². The lowest BCUT2D eigenvalue weighted by molar-refractivity contribution is 0.283. The third-order valence-corrected chi connectivity index (χ3v) is 15.7. The fourth-order valence-electron chi connectivity index (χ4n) is 7.32. The average molecular weight is 966 g/mol. The van der Waals surface area contributed by atoms with E-state index in [1.807, 2.05) is 30.3 Å². The number of methoxy groups -OCH3 is 2. The molecule has 0 atom stereocenters. The van der Waals surface area contributed by atoms with Gasteiger partial charge in [0.25, 0.3) is 0 Å². The molecule has 2 aromatic heterocycles. The topological polar surface area (TPSA) is 149 Å². The molecule has 0 amide bonds. The zero-order valence-electron chi connectivity index (χ0n) is 33.4. The van der Waals surface area contributed by atoms with Crippen LogP contribution in [0.5, 0.6) is 23.5 Å². The summed E-state index contributed by atoms with van der Waals surface area (Å²) in [6.45, 7) is 7.88. The van der Waals surface area contributed by atoms with Crippen LogP contribution in [0.1, 0.15) is 59.1 Å². The van der Waals surface area contributed by atoms with E-state index < -0.39 is 20.0 Å². The quantitative estimate of drug-likeness (QED) is 0.0975. The van der Waals surface area contributed by atoms with Crippen LogP contribution in [0.2, 0.25) is 0 Å². The van der Waals surface area contributed by atoms with Crippen LogP contribution in [0.25, 0.3) is 11.1 Å². The maximum Gasteiger partial charge on any atom is 0.231 e. The fourth-order valence-corrected chi connectivity index (χ4v) is 11.4.